The molecule has 0 aliphatic heterocycles. The number of aromatic nitrogens is 1. The van der Waals surface area contributed by atoms with Gasteiger partial charge in [0.1, 0.15) is 11.5 Å². The number of hydrogen-bond donors (Lipinski definition) is 1. The first-order chi connectivity index (χ1) is 9.69. The third-order valence-corrected chi connectivity index (χ3v) is 3.11. The van der Waals surface area contributed by atoms with E-state index in [2.05, 4.69) is 43.2 Å². The molecule has 0 unspecified atom stereocenters. The van der Waals surface area contributed by atoms with Crippen molar-refractivity contribution in [3.8, 4) is 11.5 Å². The monoisotopic (exact) mass is 270 g/mol. The van der Waals surface area contributed by atoms with Crippen LogP contribution in [0, 0.1) is 0 Å². The molecule has 1 N–H and O–H groups in total. The van der Waals surface area contributed by atoms with E-state index >= 15 is 0 Å². The van der Waals surface area contributed by atoms with Gasteiger partial charge in [-0.1, -0.05) is 32.9 Å². The fourth-order valence-electron chi connectivity index (χ4n) is 1.96. The molecular formula is C17H22N2O. The number of nitrogens with one attached hydrogen (secondary N) is 1. The van der Waals surface area contributed by atoms with Gasteiger partial charge < -0.3 is 10.1 Å². The SMILES string of the molecule is CCNCc1cncc(Oc2cccc(C(C)C)c2)c1. The van der Waals surface area contributed by atoms with Gasteiger partial charge in [-0.05, 0) is 41.8 Å². The second-order valence-electron chi connectivity index (χ2n) is 5.14. The van der Waals surface area contributed by atoms with Crippen LogP contribution in [0.3, 0.4) is 0 Å². The number of rotatable bonds is 6. The number of hydrogen-bond acceptors (Lipinski definition) is 3. The van der Waals surface area contributed by atoms with Gasteiger partial charge >= 0.3 is 0 Å². The molecule has 0 radical (unpaired) electrons. The Kier molecular flexibility index (Phi) is 5.13. The summed E-state index contributed by atoms with van der Waals surface area (Å²) in [6, 6.07) is 10.2. The van der Waals surface area contributed by atoms with E-state index in [1.54, 1.807) is 6.20 Å². The molecular weight excluding hydrogens is 248 g/mol. The van der Waals surface area contributed by atoms with Crippen LogP contribution in [0.5, 0.6) is 11.5 Å². The maximum absolute atomic E-state index is 5.90. The lowest BCUT2D eigenvalue weighted by atomic mass is 10.0. The molecule has 1 heterocycles. The van der Waals surface area contributed by atoms with Gasteiger partial charge in [0, 0.05) is 12.7 Å². The van der Waals surface area contributed by atoms with E-state index in [9.17, 15) is 0 Å². The lowest BCUT2D eigenvalue weighted by Crippen LogP contribution is -2.11. The van der Waals surface area contributed by atoms with E-state index in [4.69, 9.17) is 4.74 Å². The summed E-state index contributed by atoms with van der Waals surface area (Å²) in [6.07, 6.45) is 3.61. The number of pyridine rings is 1. The van der Waals surface area contributed by atoms with Crippen molar-refractivity contribution < 1.29 is 4.74 Å². The van der Waals surface area contributed by atoms with Crippen molar-refractivity contribution >= 4 is 0 Å². The molecule has 0 saturated carbocycles. The van der Waals surface area contributed by atoms with Gasteiger partial charge in [-0.3, -0.25) is 4.98 Å². The van der Waals surface area contributed by atoms with Crippen LogP contribution in [0.25, 0.3) is 0 Å². The largest absolute Gasteiger partial charge is 0.456 e. The number of nitrogens with zero attached hydrogens (tertiary/aromatic N) is 1. The van der Waals surface area contributed by atoms with Crippen LogP contribution in [0.15, 0.2) is 42.7 Å². The van der Waals surface area contributed by atoms with Gasteiger partial charge in [0.2, 0.25) is 0 Å². The maximum Gasteiger partial charge on any atom is 0.146 e. The minimum Gasteiger partial charge on any atom is -0.456 e. The molecule has 3 nitrogen and oxygen atoms in total. The summed E-state index contributed by atoms with van der Waals surface area (Å²) in [5.41, 5.74) is 2.41. The van der Waals surface area contributed by atoms with Gasteiger partial charge in [0.25, 0.3) is 0 Å². The Morgan fingerprint density at radius 1 is 1.15 bits per heavy atom. The Balaban J connectivity index is 2.11. The van der Waals surface area contributed by atoms with Crippen molar-refractivity contribution in [1.29, 1.82) is 0 Å². The van der Waals surface area contributed by atoms with Gasteiger partial charge in [0.15, 0.2) is 0 Å². The lowest BCUT2D eigenvalue weighted by Gasteiger charge is -2.10. The molecule has 20 heavy (non-hydrogen) atoms. The molecule has 0 spiro atoms. The molecule has 106 valence electrons. The summed E-state index contributed by atoms with van der Waals surface area (Å²) >= 11 is 0. The van der Waals surface area contributed by atoms with Crippen LogP contribution in [0.1, 0.15) is 37.8 Å². The zero-order valence-corrected chi connectivity index (χ0v) is 12.4. The Morgan fingerprint density at radius 3 is 2.75 bits per heavy atom. The van der Waals surface area contributed by atoms with Gasteiger partial charge in [-0.25, -0.2) is 0 Å². The normalized spacial score (nSPS) is 10.8. The Labute approximate surface area is 121 Å². The second kappa shape index (κ2) is 7.06. The van der Waals surface area contributed by atoms with Crippen molar-refractivity contribution in [2.24, 2.45) is 0 Å². The highest BCUT2D eigenvalue weighted by molar-refractivity contribution is 5.35. The van der Waals surface area contributed by atoms with Gasteiger partial charge in [-0.2, -0.15) is 0 Å². The predicted molar refractivity (Wildman–Crippen MR) is 82.2 cm³/mol. The predicted octanol–water partition coefficient (Wildman–Crippen LogP) is 4.11. The molecule has 3 heteroatoms. The van der Waals surface area contributed by atoms with Crippen molar-refractivity contribution in [3.63, 3.8) is 0 Å². The van der Waals surface area contributed by atoms with Crippen molar-refractivity contribution in [2.45, 2.75) is 33.2 Å². The summed E-state index contributed by atoms with van der Waals surface area (Å²) < 4.78 is 5.90. The number of benzene rings is 1. The first-order valence-corrected chi connectivity index (χ1v) is 7.11. The maximum atomic E-state index is 5.90. The zero-order valence-electron chi connectivity index (χ0n) is 12.4. The first-order valence-electron chi connectivity index (χ1n) is 7.11. The third-order valence-electron chi connectivity index (χ3n) is 3.11. The first kappa shape index (κ1) is 14.5. The second-order valence-corrected chi connectivity index (χ2v) is 5.14. The average Bonchev–Trinajstić information content (AvgIpc) is 2.46. The average molecular weight is 270 g/mol. The van der Waals surface area contributed by atoms with E-state index < -0.39 is 0 Å². The molecule has 0 atom stereocenters. The minimum absolute atomic E-state index is 0.497. The van der Waals surface area contributed by atoms with E-state index in [1.807, 2.05) is 24.4 Å². The molecule has 0 amide bonds. The molecule has 0 fully saturated rings. The Bertz CT molecular complexity index is 552. The zero-order chi connectivity index (χ0) is 14.4. The van der Waals surface area contributed by atoms with Crippen LogP contribution in [-0.2, 0) is 6.54 Å². The molecule has 2 aromatic rings. The Morgan fingerprint density at radius 2 is 2.00 bits per heavy atom. The topological polar surface area (TPSA) is 34.2 Å². The molecule has 1 aromatic heterocycles. The van der Waals surface area contributed by atoms with Crippen LogP contribution >= 0.6 is 0 Å². The summed E-state index contributed by atoms with van der Waals surface area (Å²) in [5.74, 6) is 2.14. The van der Waals surface area contributed by atoms with Crippen molar-refractivity contribution in [2.75, 3.05) is 6.54 Å². The van der Waals surface area contributed by atoms with E-state index in [1.165, 1.54) is 5.56 Å². The smallest absolute Gasteiger partial charge is 0.146 e. The highest BCUT2D eigenvalue weighted by atomic mass is 16.5. The minimum atomic E-state index is 0.497. The Hall–Kier alpha value is -1.87. The quantitative estimate of drug-likeness (QED) is 0.857. The summed E-state index contributed by atoms with van der Waals surface area (Å²) in [4.78, 5) is 4.23. The standard InChI is InChI=1S/C17H22N2O/c1-4-18-10-14-8-17(12-19-11-14)20-16-7-5-6-15(9-16)13(2)3/h5-9,11-13,18H,4,10H2,1-3H3. The highest BCUT2D eigenvalue weighted by Crippen LogP contribution is 2.25. The lowest BCUT2D eigenvalue weighted by molar-refractivity contribution is 0.478. The third kappa shape index (κ3) is 4.07. The van der Waals surface area contributed by atoms with Gasteiger partial charge in [0.05, 0.1) is 6.20 Å². The molecule has 2 rings (SSSR count). The van der Waals surface area contributed by atoms with Crippen LogP contribution in [0.4, 0.5) is 0 Å². The number of ether oxygens (including phenoxy) is 1. The fourth-order valence-corrected chi connectivity index (χ4v) is 1.96. The van der Waals surface area contributed by atoms with Gasteiger partial charge in [-0.15, -0.1) is 0 Å². The molecule has 0 aliphatic rings. The summed E-state index contributed by atoms with van der Waals surface area (Å²) in [7, 11) is 0. The molecule has 0 bridgehead atoms. The molecule has 1 aromatic carbocycles. The fraction of sp³-hybridized carbons (Fsp3) is 0.353. The van der Waals surface area contributed by atoms with Crippen LogP contribution in [-0.4, -0.2) is 11.5 Å². The van der Waals surface area contributed by atoms with E-state index in [-0.39, 0.29) is 0 Å². The van der Waals surface area contributed by atoms with Crippen molar-refractivity contribution in [1.82, 2.24) is 10.3 Å². The van der Waals surface area contributed by atoms with Crippen molar-refractivity contribution in [3.05, 3.63) is 53.9 Å². The van der Waals surface area contributed by atoms with Crippen LogP contribution in [0.2, 0.25) is 0 Å². The van der Waals surface area contributed by atoms with E-state index in [0.717, 1.165) is 30.2 Å². The summed E-state index contributed by atoms with van der Waals surface area (Å²) in [5, 5.41) is 3.28. The van der Waals surface area contributed by atoms with E-state index in [0.29, 0.717) is 5.92 Å². The summed E-state index contributed by atoms with van der Waals surface area (Å²) in [6.45, 7) is 8.20. The van der Waals surface area contributed by atoms with Crippen LogP contribution < -0.4 is 10.1 Å². The molecule has 0 saturated heterocycles. The molecule has 0 aliphatic carbocycles. The highest BCUT2D eigenvalue weighted by Gasteiger charge is 2.03.